The molecule has 1 amide bonds. The summed E-state index contributed by atoms with van der Waals surface area (Å²) < 4.78 is 7.25. The number of aromatic nitrogens is 1. The molecule has 5 heteroatoms. The maximum atomic E-state index is 12.4. The van der Waals surface area contributed by atoms with E-state index in [-0.39, 0.29) is 18.6 Å². The number of amides is 1. The Morgan fingerprint density at radius 3 is 2.75 bits per heavy atom. The van der Waals surface area contributed by atoms with Crippen LogP contribution in [0.2, 0.25) is 0 Å². The summed E-state index contributed by atoms with van der Waals surface area (Å²) in [6, 6.07) is 3.79. The van der Waals surface area contributed by atoms with Crippen LogP contribution in [0.4, 0.5) is 0 Å². The monoisotopic (exact) mass is 280 g/mol. The first-order chi connectivity index (χ1) is 9.63. The first-order valence-electron chi connectivity index (χ1n) is 7.25. The molecule has 0 spiro atoms. The lowest BCUT2D eigenvalue weighted by atomic mass is 9.90. The van der Waals surface area contributed by atoms with Gasteiger partial charge in [-0.15, -0.1) is 0 Å². The van der Waals surface area contributed by atoms with Gasteiger partial charge in [-0.1, -0.05) is 0 Å². The van der Waals surface area contributed by atoms with Crippen LogP contribution in [0.5, 0.6) is 0 Å². The molecule has 1 saturated heterocycles. The molecule has 0 aliphatic carbocycles. The molecule has 0 aromatic carbocycles. The lowest BCUT2D eigenvalue weighted by Gasteiger charge is -2.30. The topological polar surface area (TPSA) is 63.5 Å². The van der Waals surface area contributed by atoms with Crippen LogP contribution >= 0.6 is 0 Å². The number of hydrogen-bond acceptors (Lipinski definition) is 3. The third-order valence-corrected chi connectivity index (χ3v) is 4.20. The SMILES string of the molecule is Cc1ccc(C(=O)NC(CCO)C2CCOCC2)n1C. The second kappa shape index (κ2) is 6.90. The zero-order valence-electron chi connectivity index (χ0n) is 12.3. The minimum absolute atomic E-state index is 0.0200. The summed E-state index contributed by atoms with van der Waals surface area (Å²) >= 11 is 0. The van der Waals surface area contributed by atoms with Crippen LogP contribution in [0.25, 0.3) is 0 Å². The van der Waals surface area contributed by atoms with Gasteiger partial charge in [0, 0.05) is 38.6 Å². The van der Waals surface area contributed by atoms with Gasteiger partial charge in [0.2, 0.25) is 0 Å². The molecule has 1 aromatic rings. The average molecular weight is 280 g/mol. The molecule has 2 heterocycles. The molecule has 2 N–H and O–H groups in total. The molecular weight excluding hydrogens is 256 g/mol. The summed E-state index contributed by atoms with van der Waals surface area (Å²) in [5.74, 6) is 0.326. The Bertz CT molecular complexity index is 450. The Labute approximate surface area is 119 Å². The number of nitrogens with one attached hydrogen (secondary N) is 1. The fraction of sp³-hybridized carbons (Fsp3) is 0.667. The van der Waals surface area contributed by atoms with Gasteiger partial charge >= 0.3 is 0 Å². The third-order valence-electron chi connectivity index (χ3n) is 4.20. The quantitative estimate of drug-likeness (QED) is 0.853. The number of rotatable bonds is 5. The Hall–Kier alpha value is -1.33. The molecule has 0 bridgehead atoms. The normalized spacial score (nSPS) is 17.9. The first kappa shape index (κ1) is 15.1. The fourth-order valence-corrected chi connectivity index (χ4v) is 2.77. The molecule has 1 fully saturated rings. The number of carbonyl (C=O) groups excluding carboxylic acids is 1. The van der Waals surface area contributed by atoms with Crippen LogP contribution < -0.4 is 5.32 Å². The van der Waals surface area contributed by atoms with E-state index in [4.69, 9.17) is 4.74 Å². The van der Waals surface area contributed by atoms with Crippen molar-refractivity contribution in [3.05, 3.63) is 23.5 Å². The molecule has 1 aliphatic heterocycles. The van der Waals surface area contributed by atoms with Gasteiger partial charge in [-0.3, -0.25) is 4.79 Å². The van der Waals surface area contributed by atoms with Crippen LogP contribution in [0.15, 0.2) is 12.1 Å². The van der Waals surface area contributed by atoms with E-state index in [0.717, 1.165) is 31.7 Å². The molecule has 0 radical (unpaired) electrons. The fourth-order valence-electron chi connectivity index (χ4n) is 2.77. The van der Waals surface area contributed by atoms with Crippen molar-refractivity contribution in [3.8, 4) is 0 Å². The second-order valence-corrected chi connectivity index (χ2v) is 5.46. The van der Waals surface area contributed by atoms with Crippen molar-refractivity contribution in [3.63, 3.8) is 0 Å². The highest BCUT2D eigenvalue weighted by Gasteiger charge is 2.26. The zero-order chi connectivity index (χ0) is 14.5. The number of aryl methyl sites for hydroxylation is 1. The Morgan fingerprint density at radius 2 is 2.20 bits per heavy atom. The number of ether oxygens (including phenoxy) is 1. The Kier molecular flexibility index (Phi) is 5.20. The van der Waals surface area contributed by atoms with Crippen molar-refractivity contribution in [1.82, 2.24) is 9.88 Å². The Balaban J connectivity index is 2.03. The van der Waals surface area contributed by atoms with Crippen LogP contribution in [0, 0.1) is 12.8 Å². The number of nitrogens with zero attached hydrogens (tertiary/aromatic N) is 1. The van der Waals surface area contributed by atoms with Gasteiger partial charge in [0.15, 0.2) is 0 Å². The van der Waals surface area contributed by atoms with Crippen molar-refractivity contribution in [1.29, 1.82) is 0 Å². The molecule has 112 valence electrons. The van der Waals surface area contributed by atoms with Gasteiger partial charge in [0.25, 0.3) is 5.91 Å². The number of carbonyl (C=O) groups is 1. The minimum atomic E-state index is -0.0643. The first-order valence-corrected chi connectivity index (χ1v) is 7.25. The van der Waals surface area contributed by atoms with Crippen molar-refractivity contribution in [2.45, 2.75) is 32.2 Å². The second-order valence-electron chi connectivity index (χ2n) is 5.46. The van der Waals surface area contributed by atoms with Crippen molar-refractivity contribution < 1.29 is 14.6 Å². The molecule has 0 saturated carbocycles. The molecule has 1 aliphatic rings. The average Bonchev–Trinajstić information content (AvgIpc) is 2.79. The van der Waals surface area contributed by atoms with Gasteiger partial charge in [0.1, 0.15) is 5.69 Å². The smallest absolute Gasteiger partial charge is 0.268 e. The van der Waals surface area contributed by atoms with E-state index in [1.54, 1.807) is 0 Å². The predicted molar refractivity (Wildman–Crippen MR) is 76.7 cm³/mol. The van der Waals surface area contributed by atoms with Crippen LogP contribution in [-0.4, -0.2) is 41.4 Å². The highest BCUT2D eigenvalue weighted by molar-refractivity contribution is 5.93. The van der Waals surface area contributed by atoms with E-state index in [1.165, 1.54) is 0 Å². The van der Waals surface area contributed by atoms with Gasteiger partial charge in [-0.2, -0.15) is 0 Å². The zero-order valence-corrected chi connectivity index (χ0v) is 12.3. The Morgan fingerprint density at radius 1 is 1.50 bits per heavy atom. The molecule has 1 atom stereocenters. The molecular formula is C15H24N2O3. The highest BCUT2D eigenvalue weighted by Crippen LogP contribution is 2.21. The third kappa shape index (κ3) is 3.41. The van der Waals surface area contributed by atoms with Crippen LogP contribution in [-0.2, 0) is 11.8 Å². The molecule has 1 unspecified atom stereocenters. The van der Waals surface area contributed by atoms with E-state index < -0.39 is 0 Å². The van der Waals surface area contributed by atoms with Crippen molar-refractivity contribution >= 4 is 5.91 Å². The van der Waals surface area contributed by atoms with Gasteiger partial charge in [-0.25, -0.2) is 0 Å². The van der Waals surface area contributed by atoms with Crippen molar-refractivity contribution in [2.75, 3.05) is 19.8 Å². The summed E-state index contributed by atoms with van der Waals surface area (Å²) in [7, 11) is 1.89. The van der Waals surface area contributed by atoms with Crippen molar-refractivity contribution in [2.24, 2.45) is 13.0 Å². The predicted octanol–water partition coefficient (Wildman–Crippen LogP) is 1.24. The van der Waals surface area contributed by atoms with E-state index >= 15 is 0 Å². The number of aliphatic hydroxyl groups excluding tert-OH is 1. The van der Waals surface area contributed by atoms with E-state index in [9.17, 15) is 9.90 Å². The van der Waals surface area contributed by atoms with Gasteiger partial charge in [0.05, 0.1) is 0 Å². The molecule has 20 heavy (non-hydrogen) atoms. The maximum absolute atomic E-state index is 12.4. The molecule has 2 rings (SSSR count). The summed E-state index contributed by atoms with van der Waals surface area (Å²) in [5.41, 5.74) is 1.72. The maximum Gasteiger partial charge on any atom is 0.268 e. The number of aliphatic hydroxyl groups is 1. The summed E-state index contributed by atoms with van der Waals surface area (Å²) in [4.78, 5) is 12.4. The van der Waals surface area contributed by atoms with Crippen LogP contribution in [0.1, 0.15) is 35.4 Å². The van der Waals surface area contributed by atoms with Gasteiger partial charge in [-0.05, 0) is 44.2 Å². The highest BCUT2D eigenvalue weighted by atomic mass is 16.5. The number of hydrogen-bond donors (Lipinski definition) is 2. The van der Waals surface area contributed by atoms with Gasteiger partial charge < -0.3 is 19.7 Å². The molecule has 5 nitrogen and oxygen atoms in total. The van der Waals surface area contributed by atoms with Crippen LogP contribution in [0.3, 0.4) is 0 Å². The molecule has 1 aromatic heterocycles. The summed E-state index contributed by atoms with van der Waals surface area (Å²) in [6.07, 6.45) is 2.48. The van der Waals surface area contributed by atoms with E-state index in [1.807, 2.05) is 30.7 Å². The summed E-state index contributed by atoms with van der Waals surface area (Å²) in [6.45, 7) is 3.55. The largest absolute Gasteiger partial charge is 0.396 e. The van der Waals surface area contributed by atoms with E-state index in [0.29, 0.717) is 18.0 Å². The summed E-state index contributed by atoms with van der Waals surface area (Å²) in [5, 5.41) is 12.3. The minimum Gasteiger partial charge on any atom is -0.396 e. The lowest BCUT2D eigenvalue weighted by Crippen LogP contribution is -2.43. The standard InChI is InChI=1S/C15H24N2O3/c1-11-3-4-14(17(11)2)15(19)16-13(5-8-18)12-6-9-20-10-7-12/h3-4,12-13,18H,5-10H2,1-2H3,(H,16,19). The lowest BCUT2D eigenvalue weighted by molar-refractivity contribution is 0.0477. The van der Waals surface area contributed by atoms with E-state index in [2.05, 4.69) is 5.32 Å².